The van der Waals surface area contributed by atoms with Gasteiger partial charge < -0.3 is 11.1 Å². The number of rotatable bonds is 2. The summed E-state index contributed by atoms with van der Waals surface area (Å²) in [7, 11) is 0. The van der Waals surface area contributed by atoms with Gasteiger partial charge in [-0.1, -0.05) is 6.08 Å². The molecule has 0 aliphatic carbocycles. The van der Waals surface area contributed by atoms with Gasteiger partial charge in [0.25, 0.3) is 0 Å². The van der Waals surface area contributed by atoms with Gasteiger partial charge in [-0.2, -0.15) is 0 Å². The quantitative estimate of drug-likeness (QED) is 0.539. The molecule has 1 rings (SSSR count). The Bertz CT molecular complexity index is 127. The fourth-order valence-corrected chi connectivity index (χ4v) is 0.694. The third kappa shape index (κ3) is 1.85. The van der Waals surface area contributed by atoms with E-state index in [9.17, 15) is 0 Å². The maximum atomic E-state index is 5.25. The summed E-state index contributed by atoms with van der Waals surface area (Å²) in [5.74, 6) is 1.03. The molecule has 0 bridgehead atoms. The highest BCUT2D eigenvalue weighted by Gasteiger charge is 1.97. The molecule has 0 aromatic carbocycles. The summed E-state index contributed by atoms with van der Waals surface area (Å²) >= 11 is 0. The van der Waals surface area contributed by atoms with Crippen molar-refractivity contribution in [1.82, 2.24) is 5.32 Å². The molecule has 0 atom stereocenters. The van der Waals surface area contributed by atoms with Gasteiger partial charge in [-0.3, -0.25) is 4.99 Å². The van der Waals surface area contributed by atoms with E-state index in [1.165, 1.54) is 0 Å². The monoisotopic (exact) mass is 125 g/mol. The van der Waals surface area contributed by atoms with Crippen LogP contribution >= 0.6 is 0 Å². The minimum Gasteiger partial charge on any atom is -0.350 e. The number of amidine groups is 1. The van der Waals surface area contributed by atoms with Crippen molar-refractivity contribution in [2.24, 2.45) is 10.7 Å². The van der Waals surface area contributed by atoms with Crippen LogP contribution in [0.2, 0.25) is 0 Å². The second kappa shape index (κ2) is 3.25. The SMILES string of the molecule is NCCN=C1CC=CN1. The summed E-state index contributed by atoms with van der Waals surface area (Å²) in [4.78, 5) is 4.16. The normalized spacial score (nSPS) is 20.8. The first-order chi connectivity index (χ1) is 4.43. The van der Waals surface area contributed by atoms with E-state index in [2.05, 4.69) is 10.3 Å². The van der Waals surface area contributed by atoms with Crippen LogP contribution in [0.5, 0.6) is 0 Å². The zero-order chi connectivity index (χ0) is 6.53. The highest BCUT2D eigenvalue weighted by Crippen LogP contribution is 1.92. The van der Waals surface area contributed by atoms with E-state index in [0.29, 0.717) is 6.54 Å². The number of hydrogen-bond donors (Lipinski definition) is 2. The Hall–Kier alpha value is -0.830. The minimum atomic E-state index is 0.630. The lowest BCUT2D eigenvalue weighted by Crippen LogP contribution is -2.13. The van der Waals surface area contributed by atoms with Crippen LogP contribution in [0.1, 0.15) is 6.42 Å². The second-order valence-electron chi connectivity index (χ2n) is 1.87. The summed E-state index contributed by atoms with van der Waals surface area (Å²) in [5.41, 5.74) is 5.25. The Labute approximate surface area is 54.7 Å². The molecule has 3 heteroatoms. The van der Waals surface area contributed by atoms with Gasteiger partial charge in [0.1, 0.15) is 5.84 Å². The largest absolute Gasteiger partial charge is 0.350 e. The third-order valence-corrected chi connectivity index (χ3v) is 1.11. The summed E-state index contributed by atoms with van der Waals surface area (Å²) in [6, 6.07) is 0. The fraction of sp³-hybridized carbons (Fsp3) is 0.500. The van der Waals surface area contributed by atoms with Gasteiger partial charge in [-0.25, -0.2) is 0 Å². The van der Waals surface area contributed by atoms with Crippen molar-refractivity contribution in [2.75, 3.05) is 13.1 Å². The topological polar surface area (TPSA) is 50.4 Å². The van der Waals surface area contributed by atoms with Crippen LogP contribution < -0.4 is 11.1 Å². The predicted molar refractivity (Wildman–Crippen MR) is 38.2 cm³/mol. The van der Waals surface area contributed by atoms with Gasteiger partial charge in [0.05, 0.1) is 6.54 Å². The van der Waals surface area contributed by atoms with Crippen LogP contribution in [-0.2, 0) is 0 Å². The standard InChI is InChI=1S/C6H11N3/c7-3-5-9-6-2-1-4-8-6/h1,4H,2-3,5,7H2,(H,8,9). The third-order valence-electron chi connectivity index (χ3n) is 1.11. The zero-order valence-corrected chi connectivity index (χ0v) is 5.30. The van der Waals surface area contributed by atoms with Crippen LogP contribution in [0, 0.1) is 0 Å². The molecule has 0 aromatic rings. The molecule has 9 heavy (non-hydrogen) atoms. The highest BCUT2D eigenvalue weighted by atomic mass is 15.0. The molecule has 3 nitrogen and oxygen atoms in total. The van der Waals surface area contributed by atoms with Crippen molar-refractivity contribution < 1.29 is 0 Å². The van der Waals surface area contributed by atoms with Crippen LogP contribution in [0.25, 0.3) is 0 Å². The number of nitrogens with zero attached hydrogens (tertiary/aromatic N) is 1. The fourth-order valence-electron chi connectivity index (χ4n) is 0.694. The van der Waals surface area contributed by atoms with Crippen LogP contribution in [0.4, 0.5) is 0 Å². The second-order valence-corrected chi connectivity index (χ2v) is 1.87. The van der Waals surface area contributed by atoms with Gasteiger partial charge in [0.15, 0.2) is 0 Å². The summed E-state index contributed by atoms with van der Waals surface area (Å²) in [5, 5.41) is 3.01. The Balaban J connectivity index is 2.26. The summed E-state index contributed by atoms with van der Waals surface area (Å²) < 4.78 is 0. The van der Waals surface area contributed by atoms with Crippen molar-refractivity contribution in [3.63, 3.8) is 0 Å². The lowest BCUT2D eigenvalue weighted by atomic mass is 10.4. The van der Waals surface area contributed by atoms with Crippen molar-refractivity contribution in [2.45, 2.75) is 6.42 Å². The molecule has 3 N–H and O–H groups in total. The summed E-state index contributed by atoms with van der Waals surface area (Å²) in [6.45, 7) is 1.36. The molecule has 0 unspecified atom stereocenters. The lowest BCUT2D eigenvalue weighted by Gasteiger charge is -1.94. The van der Waals surface area contributed by atoms with Crippen molar-refractivity contribution in [3.05, 3.63) is 12.3 Å². The average molecular weight is 125 g/mol. The van der Waals surface area contributed by atoms with Crippen molar-refractivity contribution in [1.29, 1.82) is 0 Å². The Morgan fingerprint density at radius 1 is 1.78 bits per heavy atom. The lowest BCUT2D eigenvalue weighted by molar-refractivity contribution is 0.962. The number of hydrogen-bond acceptors (Lipinski definition) is 2. The van der Waals surface area contributed by atoms with Gasteiger partial charge >= 0.3 is 0 Å². The molecule has 1 heterocycles. The molecular weight excluding hydrogens is 114 g/mol. The molecule has 0 aromatic heterocycles. The molecule has 0 saturated carbocycles. The minimum absolute atomic E-state index is 0.630. The van der Waals surface area contributed by atoms with Crippen LogP contribution in [0.15, 0.2) is 17.3 Å². The molecule has 0 amide bonds. The average Bonchev–Trinajstić information content (AvgIpc) is 2.34. The number of nitrogens with one attached hydrogen (secondary N) is 1. The van der Waals surface area contributed by atoms with Gasteiger partial charge in [-0.05, 0) is 6.20 Å². The van der Waals surface area contributed by atoms with E-state index in [1.807, 2.05) is 12.3 Å². The van der Waals surface area contributed by atoms with Crippen LogP contribution in [0.3, 0.4) is 0 Å². The van der Waals surface area contributed by atoms with E-state index in [-0.39, 0.29) is 0 Å². The first kappa shape index (κ1) is 6.29. The van der Waals surface area contributed by atoms with Crippen molar-refractivity contribution in [3.8, 4) is 0 Å². The van der Waals surface area contributed by atoms with E-state index in [4.69, 9.17) is 5.73 Å². The van der Waals surface area contributed by atoms with Gasteiger partial charge in [0.2, 0.25) is 0 Å². The molecule has 1 aliphatic rings. The highest BCUT2D eigenvalue weighted by molar-refractivity contribution is 5.86. The molecule has 50 valence electrons. The molecule has 0 fully saturated rings. The number of nitrogens with two attached hydrogens (primary N) is 1. The Kier molecular flexibility index (Phi) is 2.27. The summed E-state index contributed by atoms with van der Waals surface area (Å²) in [6.07, 6.45) is 4.87. The van der Waals surface area contributed by atoms with E-state index < -0.39 is 0 Å². The van der Waals surface area contributed by atoms with E-state index in [1.54, 1.807) is 0 Å². The first-order valence-corrected chi connectivity index (χ1v) is 3.08. The molecule has 1 aliphatic heterocycles. The maximum Gasteiger partial charge on any atom is 0.104 e. The van der Waals surface area contributed by atoms with E-state index >= 15 is 0 Å². The first-order valence-electron chi connectivity index (χ1n) is 3.08. The Morgan fingerprint density at radius 2 is 2.67 bits per heavy atom. The van der Waals surface area contributed by atoms with Gasteiger partial charge in [-0.15, -0.1) is 0 Å². The molecular formula is C6H11N3. The smallest absolute Gasteiger partial charge is 0.104 e. The Morgan fingerprint density at radius 3 is 3.22 bits per heavy atom. The molecule has 0 spiro atoms. The molecule has 0 radical (unpaired) electrons. The van der Waals surface area contributed by atoms with Crippen molar-refractivity contribution >= 4 is 5.84 Å². The molecule has 0 saturated heterocycles. The number of aliphatic imine (C=N–C) groups is 1. The van der Waals surface area contributed by atoms with E-state index in [0.717, 1.165) is 18.8 Å². The van der Waals surface area contributed by atoms with Gasteiger partial charge in [0, 0.05) is 13.0 Å². The maximum absolute atomic E-state index is 5.25. The van der Waals surface area contributed by atoms with Crippen LogP contribution in [-0.4, -0.2) is 18.9 Å². The predicted octanol–water partition coefficient (Wildman–Crippen LogP) is -0.149. The zero-order valence-electron chi connectivity index (χ0n) is 5.30.